The van der Waals surface area contributed by atoms with E-state index >= 15 is 0 Å². The third-order valence-electron chi connectivity index (χ3n) is 7.67. The van der Waals surface area contributed by atoms with E-state index in [2.05, 4.69) is 23.6 Å². The van der Waals surface area contributed by atoms with Gasteiger partial charge in [0.25, 0.3) is 0 Å². The van der Waals surface area contributed by atoms with Gasteiger partial charge in [0.2, 0.25) is 0 Å². The fourth-order valence-corrected chi connectivity index (χ4v) is 5.93. The second-order valence-electron chi connectivity index (χ2n) is 9.47. The van der Waals surface area contributed by atoms with Crippen molar-refractivity contribution in [2.24, 2.45) is 11.8 Å². The van der Waals surface area contributed by atoms with Crippen molar-refractivity contribution in [3.8, 4) is 5.75 Å². The summed E-state index contributed by atoms with van der Waals surface area (Å²) in [6.07, 6.45) is 5.05. The topological polar surface area (TPSA) is 70.0 Å². The summed E-state index contributed by atoms with van der Waals surface area (Å²) in [5.74, 6) is 0.282. The van der Waals surface area contributed by atoms with E-state index in [1.54, 1.807) is 24.3 Å². The highest BCUT2D eigenvalue weighted by molar-refractivity contribution is 6.30. The molecule has 2 aromatic rings. The maximum atomic E-state index is 11.7. The van der Waals surface area contributed by atoms with E-state index in [1.807, 2.05) is 6.07 Å². The number of hydrogen-bond donors (Lipinski definition) is 2. The Balaban J connectivity index is 1.53. The quantitative estimate of drug-likeness (QED) is 0.642. The van der Waals surface area contributed by atoms with E-state index in [-0.39, 0.29) is 16.9 Å². The Kier molecular flexibility index (Phi) is 5.42. The van der Waals surface area contributed by atoms with E-state index in [0.717, 1.165) is 55.2 Å². The number of aliphatic hydroxyl groups is 1. The zero-order valence-electron chi connectivity index (χ0n) is 18.0. The van der Waals surface area contributed by atoms with Gasteiger partial charge in [-0.05, 0) is 79.0 Å². The maximum Gasteiger partial charge on any atom is 0.335 e. The Morgan fingerprint density at radius 2 is 2.16 bits per heavy atom. The van der Waals surface area contributed by atoms with Crippen LogP contribution in [0, 0.1) is 11.8 Å². The molecule has 5 nitrogen and oxygen atoms in total. The van der Waals surface area contributed by atoms with Crippen LogP contribution >= 0.6 is 11.6 Å². The number of benzene rings is 2. The van der Waals surface area contributed by atoms with Crippen LogP contribution in [0.2, 0.25) is 5.02 Å². The molecule has 5 rings (SSSR count). The molecule has 3 aliphatic rings. The molecule has 4 atom stereocenters. The third kappa shape index (κ3) is 3.57. The van der Waals surface area contributed by atoms with Crippen LogP contribution in [0.15, 0.2) is 49.1 Å². The van der Waals surface area contributed by atoms with E-state index < -0.39 is 12.1 Å². The average molecular weight is 454 g/mol. The molecule has 0 radical (unpaired) electrons. The maximum absolute atomic E-state index is 11.7. The van der Waals surface area contributed by atoms with E-state index in [9.17, 15) is 15.0 Å². The zero-order valence-corrected chi connectivity index (χ0v) is 18.7. The lowest BCUT2D eigenvalue weighted by Crippen LogP contribution is -2.47. The Hall–Kier alpha value is -2.50. The smallest absolute Gasteiger partial charge is 0.335 e. The molecule has 1 saturated carbocycles. The van der Waals surface area contributed by atoms with Gasteiger partial charge >= 0.3 is 5.97 Å². The molecule has 1 heterocycles. The van der Waals surface area contributed by atoms with Crippen molar-refractivity contribution in [3.05, 3.63) is 70.8 Å². The van der Waals surface area contributed by atoms with Crippen molar-refractivity contribution in [1.82, 2.24) is 0 Å². The number of rotatable bonds is 5. The van der Waals surface area contributed by atoms with Gasteiger partial charge in [-0.15, -0.1) is 6.58 Å². The summed E-state index contributed by atoms with van der Waals surface area (Å²) in [6.45, 7) is 5.79. The minimum atomic E-state index is -0.948. The number of anilines is 1. The normalized spacial score (nSPS) is 27.0. The SMILES string of the molecule is C=C[C@H](O)[C@@H]1CC[C@H]1CN1C[C@@]2(CCc3cc(Cl)ccc32)COc2ccc(C(=O)O)cc21. The molecule has 1 spiro atoms. The number of ether oxygens (including phenoxy) is 1. The van der Waals surface area contributed by atoms with Crippen molar-refractivity contribution in [2.75, 3.05) is 24.6 Å². The Morgan fingerprint density at radius 1 is 1.31 bits per heavy atom. The van der Waals surface area contributed by atoms with E-state index in [0.29, 0.717) is 12.5 Å². The molecule has 2 aliphatic carbocycles. The molecule has 1 fully saturated rings. The van der Waals surface area contributed by atoms with Crippen molar-refractivity contribution in [3.63, 3.8) is 0 Å². The molecule has 32 heavy (non-hydrogen) atoms. The molecule has 2 aromatic carbocycles. The van der Waals surface area contributed by atoms with Crippen LogP contribution in [0.1, 0.15) is 40.7 Å². The highest BCUT2D eigenvalue weighted by Crippen LogP contribution is 2.47. The van der Waals surface area contributed by atoms with Crippen LogP contribution in [-0.2, 0) is 11.8 Å². The molecular formula is C26H28ClNO4. The lowest BCUT2D eigenvalue weighted by Gasteiger charge is -2.43. The van der Waals surface area contributed by atoms with Gasteiger partial charge in [0.1, 0.15) is 5.75 Å². The van der Waals surface area contributed by atoms with Gasteiger partial charge in [0.15, 0.2) is 0 Å². The van der Waals surface area contributed by atoms with Gasteiger partial charge in [-0.25, -0.2) is 4.79 Å². The first-order chi connectivity index (χ1) is 15.4. The molecule has 0 saturated heterocycles. The summed E-state index contributed by atoms with van der Waals surface area (Å²) in [4.78, 5) is 14.0. The van der Waals surface area contributed by atoms with Crippen molar-refractivity contribution in [2.45, 2.75) is 37.2 Å². The molecule has 1 aliphatic heterocycles. The monoisotopic (exact) mass is 453 g/mol. The van der Waals surface area contributed by atoms with Crippen LogP contribution in [0.4, 0.5) is 5.69 Å². The fourth-order valence-electron chi connectivity index (χ4n) is 5.73. The standard InChI is InChI=1S/C26H28ClNO4/c1-2-23(29)20-6-3-18(20)13-28-14-26(10-9-16-11-19(27)5-7-21(16)26)15-32-24-8-4-17(25(30)31)12-22(24)28/h2,4-5,7-8,11-12,18,20,23,29H,1,3,6,9-10,13-15H2,(H,30,31)/t18-,20+,23-,26-/m0/s1. The van der Waals surface area contributed by atoms with Crippen LogP contribution in [0.25, 0.3) is 0 Å². The van der Waals surface area contributed by atoms with Gasteiger partial charge in [-0.1, -0.05) is 23.7 Å². The lowest BCUT2D eigenvalue weighted by atomic mass is 9.70. The first kappa shape index (κ1) is 21.4. The largest absolute Gasteiger partial charge is 0.490 e. The summed E-state index contributed by atoms with van der Waals surface area (Å²) in [5.41, 5.74) is 3.43. The molecule has 2 N–H and O–H groups in total. The van der Waals surface area contributed by atoms with Crippen molar-refractivity contribution < 1.29 is 19.7 Å². The summed E-state index contributed by atoms with van der Waals surface area (Å²) in [5, 5.41) is 20.7. The number of carboxylic acid groups (broad SMARTS) is 1. The highest BCUT2D eigenvalue weighted by Gasteiger charge is 2.45. The minimum absolute atomic E-state index is 0.182. The summed E-state index contributed by atoms with van der Waals surface area (Å²) >= 11 is 6.26. The number of aliphatic hydroxyl groups excluding tert-OH is 1. The minimum Gasteiger partial charge on any atom is -0.490 e. The molecule has 6 heteroatoms. The molecule has 168 valence electrons. The predicted molar refractivity (Wildman–Crippen MR) is 125 cm³/mol. The number of hydrogen-bond acceptors (Lipinski definition) is 4. The average Bonchev–Trinajstić information content (AvgIpc) is 3.02. The number of carbonyl (C=O) groups is 1. The van der Waals surface area contributed by atoms with E-state index in [4.69, 9.17) is 16.3 Å². The number of carboxylic acids is 1. The van der Waals surface area contributed by atoms with Crippen LogP contribution in [0.5, 0.6) is 5.75 Å². The first-order valence-corrected chi connectivity index (χ1v) is 11.6. The van der Waals surface area contributed by atoms with Crippen molar-refractivity contribution in [1.29, 1.82) is 0 Å². The van der Waals surface area contributed by atoms with Gasteiger partial charge in [0, 0.05) is 23.5 Å². The molecule has 0 unspecified atom stereocenters. The zero-order chi connectivity index (χ0) is 22.5. The summed E-state index contributed by atoms with van der Waals surface area (Å²) in [6, 6.07) is 11.2. The highest BCUT2D eigenvalue weighted by atomic mass is 35.5. The molecule has 0 amide bonds. The Labute approximate surface area is 193 Å². The Morgan fingerprint density at radius 3 is 2.88 bits per heavy atom. The molecule has 0 aromatic heterocycles. The number of halogens is 1. The second-order valence-corrected chi connectivity index (χ2v) is 9.90. The van der Waals surface area contributed by atoms with Gasteiger partial charge in [0.05, 0.1) is 24.0 Å². The third-order valence-corrected chi connectivity index (χ3v) is 7.90. The summed E-state index contributed by atoms with van der Waals surface area (Å²) in [7, 11) is 0. The van der Waals surface area contributed by atoms with Crippen LogP contribution < -0.4 is 9.64 Å². The van der Waals surface area contributed by atoms with Gasteiger partial charge in [-0.2, -0.15) is 0 Å². The first-order valence-electron chi connectivity index (χ1n) is 11.2. The van der Waals surface area contributed by atoms with Crippen molar-refractivity contribution >= 4 is 23.3 Å². The Bertz CT molecular complexity index is 1070. The summed E-state index contributed by atoms with van der Waals surface area (Å²) < 4.78 is 6.33. The second kappa shape index (κ2) is 8.13. The van der Waals surface area contributed by atoms with Gasteiger partial charge in [-0.3, -0.25) is 0 Å². The lowest BCUT2D eigenvalue weighted by molar-refractivity contribution is 0.0461. The van der Waals surface area contributed by atoms with Crippen LogP contribution in [-0.4, -0.2) is 42.0 Å². The number of aromatic carboxylic acids is 1. The van der Waals surface area contributed by atoms with E-state index in [1.165, 1.54) is 11.1 Å². The molecular weight excluding hydrogens is 426 g/mol. The van der Waals surface area contributed by atoms with Crippen LogP contribution in [0.3, 0.4) is 0 Å². The molecule has 0 bridgehead atoms. The fraction of sp³-hybridized carbons (Fsp3) is 0.423. The number of fused-ring (bicyclic) bond motifs is 3. The predicted octanol–water partition coefficient (Wildman–Crippen LogP) is 4.69. The number of aryl methyl sites for hydroxylation is 1. The van der Waals surface area contributed by atoms with Gasteiger partial charge < -0.3 is 19.8 Å². The number of nitrogens with zero attached hydrogens (tertiary/aromatic N) is 1.